The second-order valence-electron chi connectivity index (χ2n) is 5.51. The molecule has 5 heteroatoms. The van der Waals surface area contributed by atoms with Gasteiger partial charge in [0, 0.05) is 16.0 Å². The summed E-state index contributed by atoms with van der Waals surface area (Å²) in [5.74, 6) is -0.558. The zero-order valence-corrected chi connectivity index (χ0v) is 14.5. The third-order valence-corrected chi connectivity index (χ3v) is 4.11. The first-order valence-corrected chi connectivity index (χ1v) is 8.11. The van der Waals surface area contributed by atoms with Gasteiger partial charge in [-0.3, -0.25) is 4.79 Å². The van der Waals surface area contributed by atoms with Crippen LogP contribution in [0.2, 0.25) is 10.0 Å². The standard InChI is InChI=1S/C18H19Cl2NO2/c1-11(21)18(22)23-12(2)17(13-3-7-15(19)8-4-13)14-5-9-16(20)10-6-14/h3-12,17H,21H2,1-2H3/t11-,12-/m0/s1. The van der Waals surface area contributed by atoms with Crippen molar-refractivity contribution in [2.45, 2.75) is 31.9 Å². The highest BCUT2D eigenvalue weighted by Crippen LogP contribution is 2.31. The van der Waals surface area contributed by atoms with Gasteiger partial charge in [0.2, 0.25) is 0 Å². The number of benzene rings is 2. The molecule has 0 amide bonds. The van der Waals surface area contributed by atoms with Crippen molar-refractivity contribution in [3.05, 3.63) is 69.7 Å². The van der Waals surface area contributed by atoms with E-state index in [-0.39, 0.29) is 12.0 Å². The van der Waals surface area contributed by atoms with E-state index in [9.17, 15) is 4.79 Å². The molecule has 0 bridgehead atoms. The molecule has 3 nitrogen and oxygen atoms in total. The number of ether oxygens (including phenoxy) is 1. The maximum Gasteiger partial charge on any atom is 0.322 e. The van der Waals surface area contributed by atoms with Crippen LogP contribution in [0.15, 0.2) is 48.5 Å². The molecule has 0 fully saturated rings. The molecule has 2 rings (SSSR count). The molecule has 0 spiro atoms. The van der Waals surface area contributed by atoms with Gasteiger partial charge in [-0.15, -0.1) is 0 Å². The van der Waals surface area contributed by atoms with Gasteiger partial charge >= 0.3 is 5.97 Å². The lowest BCUT2D eigenvalue weighted by atomic mass is 9.87. The Hall–Kier alpha value is -1.55. The Labute approximate surface area is 146 Å². The average Bonchev–Trinajstić information content (AvgIpc) is 2.51. The smallest absolute Gasteiger partial charge is 0.322 e. The van der Waals surface area contributed by atoms with Crippen molar-refractivity contribution in [3.63, 3.8) is 0 Å². The van der Waals surface area contributed by atoms with Crippen LogP contribution in [0, 0.1) is 0 Å². The number of carbonyl (C=O) groups excluding carboxylic acids is 1. The summed E-state index contributed by atoms with van der Waals surface area (Å²) in [7, 11) is 0. The van der Waals surface area contributed by atoms with Gasteiger partial charge in [0.25, 0.3) is 0 Å². The Balaban J connectivity index is 2.36. The largest absolute Gasteiger partial charge is 0.461 e. The highest BCUT2D eigenvalue weighted by Gasteiger charge is 2.25. The van der Waals surface area contributed by atoms with E-state index in [0.717, 1.165) is 11.1 Å². The highest BCUT2D eigenvalue weighted by atomic mass is 35.5. The lowest BCUT2D eigenvalue weighted by molar-refractivity contribution is -0.149. The van der Waals surface area contributed by atoms with Crippen molar-refractivity contribution in [3.8, 4) is 0 Å². The van der Waals surface area contributed by atoms with Crippen LogP contribution >= 0.6 is 23.2 Å². The quantitative estimate of drug-likeness (QED) is 0.812. The molecule has 23 heavy (non-hydrogen) atoms. The van der Waals surface area contributed by atoms with Crippen molar-refractivity contribution in [1.82, 2.24) is 0 Å². The molecule has 0 aliphatic rings. The summed E-state index contributed by atoms with van der Waals surface area (Å²) in [5.41, 5.74) is 7.60. The van der Waals surface area contributed by atoms with Crippen LogP contribution in [0.1, 0.15) is 30.9 Å². The van der Waals surface area contributed by atoms with Crippen molar-refractivity contribution < 1.29 is 9.53 Å². The van der Waals surface area contributed by atoms with E-state index in [1.165, 1.54) is 0 Å². The second kappa shape index (κ2) is 7.82. The van der Waals surface area contributed by atoms with Crippen molar-refractivity contribution in [1.29, 1.82) is 0 Å². The molecule has 0 saturated carbocycles. The van der Waals surface area contributed by atoms with Crippen LogP contribution in [0.4, 0.5) is 0 Å². The maximum absolute atomic E-state index is 11.8. The van der Waals surface area contributed by atoms with Crippen molar-refractivity contribution in [2.75, 3.05) is 0 Å². The van der Waals surface area contributed by atoms with Crippen LogP contribution < -0.4 is 5.73 Å². The van der Waals surface area contributed by atoms with Gasteiger partial charge < -0.3 is 10.5 Å². The molecule has 0 saturated heterocycles. The summed E-state index contributed by atoms with van der Waals surface area (Å²) >= 11 is 11.9. The average molecular weight is 352 g/mol. The first kappa shape index (κ1) is 17.8. The van der Waals surface area contributed by atoms with Crippen LogP contribution in [0.3, 0.4) is 0 Å². The number of nitrogens with two attached hydrogens (primary N) is 1. The van der Waals surface area contributed by atoms with Crippen molar-refractivity contribution >= 4 is 29.2 Å². The lowest BCUT2D eigenvalue weighted by Gasteiger charge is -2.26. The molecule has 2 aromatic carbocycles. The fraction of sp³-hybridized carbons (Fsp3) is 0.278. The molecule has 0 radical (unpaired) electrons. The second-order valence-corrected chi connectivity index (χ2v) is 6.38. The van der Waals surface area contributed by atoms with Gasteiger partial charge in [0.15, 0.2) is 0 Å². The third-order valence-electron chi connectivity index (χ3n) is 3.60. The maximum atomic E-state index is 11.8. The summed E-state index contributed by atoms with van der Waals surface area (Å²) in [6.45, 7) is 3.46. The molecule has 2 atom stereocenters. The number of halogens is 2. The summed E-state index contributed by atoms with van der Waals surface area (Å²) in [6, 6.07) is 14.3. The first-order valence-electron chi connectivity index (χ1n) is 7.35. The van der Waals surface area contributed by atoms with Crippen molar-refractivity contribution in [2.24, 2.45) is 5.73 Å². The molecular formula is C18H19Cl2NO2. The monoisotopic (exact) mass is 351 g/mol. The van der Waals surface area contributed by atoms with E-state index >= 15 is 0 Å². The molecule has 0 aliphatic carbocycles. The predicted molar refractivity (Wildman–Crippen MR) is 94.0 cm³/mol. The van der Waals surface area contributed by atoms with Gasteiger partial charge in [0.05, 0.1) is 0 Å². The fourth-order valence-corrected chi connectivity index (χ4v) is 2.69. The zero-order valence-electron chi connectivity index (χ0n) is 13.0. The third kappa shape index (κ3) is 4.71. The minimum atomic E-state index is -0.659. The summed E-state index contributed by atoms with van der Waals surface area (Å²) in [4.78, 5) is 11.8. The normalized spacial score (nSPS) is 13.7. The molecule has 0 heterocycles. The van der Waals surface area contributed by atoms with E-state index < -0.39 is 12.0 Å². The number of rotatable bonds is 5. The highest BCUT2D eigenvalue weighted by molar-refractivity contribution is 6.30. The zero-order chi connectivity index (χ0) is 17.0. The lowest BCUT2D eigenvalue weighted by Crippen LogP contribution is -2.33. The minimum absolute atomic E-state index is 0.132. The Morgan fingerprint density at radius 2 is 1.30 bits per heavy atom. The van der Waals surface area contributed by atoms with E-state index in [4.69, 9.17) is 33.7 Å². The van der Waals surface area contributed by atoms with Crippen LogP contribution in [0.5, 0.6) is 0 Å². The SMILES string of the molecule is C[C@H](N)C(=O)O[C@@H](C)C(c1ccc(Cl)cc1)c1ccc(Cl)cc1. The summed E-state index contributed by atoms with van der Waals surface area (Å²) in [5, 5.41) is 1.31. The van der Waals surface area contributed by atoms with Gasteiger partial charge in [-0.1, -0.05) is 47.5 Å². The molecule has 2 N–H and O–H groups in total. The predicted octanol–water partition coefficient (Wildman–Crippen LogP) is 4.40. The summed E-state index contributed by atoms with van der Waals surface area (Å²) in [6.07, 6.45) is -0.379. The summed E-state index contributed by atoms with van der Waals surface area (Å²) < 4.78 is 5.51. The molecule has 122 valence electrons. The Morgan fingerprint density at radius 3 is 1.65 bits per heavy atom. The van der Waals surface area contributed by atoms with Gasteiger partial charge in [-0.05, 0) is 49.2 Å². The minimum Gasteiger partial charge on any atom is -0.461 e. The van der Waals surface area contributed by atoms with Crippen LogP contribution in [0.25, 0.3) is 0 Å². The fourth-order valence-electron chi connectivity index (χ4n) is 2.43. The Morgan fingerprint density at radius 1 is 0.913 bits per heavy atom. The molecule has 0 aromatic heterocycles. The van der Waals surface area contributed by atoms with Gasteiger partial charge in [0.1, 0.15) is 12.1 Å². The molecule has 2 aromatic rings. The van der Waals surface area contributed by atoms with Gasteiger partial charge in [-0.25, -0.2) is 0 Å². The number of hydrogen-bond donors (Lipinski definition) is 1. The van der Waals surface area contributed by atoms with E-state index in [1.807, 2.05) is 55.5 Å². The van der Waals surface area contributed by atoms with Crippen LogP contribution in [-0.4, -0.2) is 18.1 Å². The molecular weight excluding hydrogens is 333 g/mol. The molecule has 0 unspecified atom stereocenters. The number of hydrogen-bond acceptors (Lipinski definition) is 3. The molecule has 0 aliphatic heterocycles. The topological polar surface area (TPSA) is 52.3 Å². The van der Waals surface area contributed by atoms with E-state index in [0.29, 0.717) is 10.0 Å². The van der Waals surface area contributed by atoms with E-state index in [1.54, 1.807) is 6.92 Å². The number of esters is 1. The van der Waals surface area contributed by atoms with E-state index in [2.05, 4.69) is 0 Å². The van der Waals surface area contributed by atoms with Gasteiger partial charge in [-0.2, -0.15) is 0 Å². The Kier molecular flexibility index (Phi) is 6.05. The Bertz CT molecular complexity index is 608. The first-order chi connectivity index (χ1) is 10.9. The van der Waals surface area contributed by atoms with Crippen LogP contribution in [-0.2, 0) is 9.53 Å². The number of carbonyl (C=O) groups is 1.